The number of amides is 1. The molecule has 0 bridgehead atoms. The lowest BCUT2D eigenvalue weighted by molar-refractivity contribution is 0.0788. The lowest BCUT2D eigenvalue weighted by Gasteiger charge is -2.23. The molecule has 6 heteroatoms. The highest BCUT2D eigenvalue weighted by Crippen LogP contribution is 2.34. The van der Waals surface area contributed by atoms with Gasteiger partial charge in [-0.3, -0.25) is 9.78 Å². The average Bonchev–Trinajstić information content (AvgIpc) is 2.86. The number of benzene rings is 3. The van der Waals surface area contributed by atoms with Crippen LogP contribution < -0.4 is 5.73 Å². The number of halogens is 1. The molecule has 3 aromatic carbocycles. The Hall–Kier alpha value is -4.08. The van der Waals surface area contributed by atoms with E-state index in [0.29, 0.717) is 39.7 Å². The molecule has 0 aliphatic rings. The molecule has 0 radical (unpaired) electrons. The predicted molar refractivity (Wildman–Crippen MR) is 142 cm³/mol. The van der Waals surface area contributed by atoms with Gasteiger partial charge in [0.05, 0.1) is 22.7 Å². The van der Waals surface area contributed by atoms with Gasteiger partial charge in [-0.1, -0.05) is 25.1 Å². The summed E-state index contributed by atoms with van der Waals surface area (Å²) in [5.74, 6) is -0.578. The number of hydrogen-bond donors (Lipinski definition) is 1. The van der Waals surface area contributed by atoms with E-state index in [9.17, 15) is 14.4 Å². The molecule has 0 saturated heterocycles. The van der Waals surface area contributed by atoms with Crippen molar-refractivity contribution in [3.63, 3.8) is 0 Å². The Morgan fingerprint density at radius 2 is 1.86 bits per heavy atom. The van der Waals surface area contributed by atoms with Crippen molar-refractivity contribution in [2.45, 2.75) is 33.2 Å². The monoisotopic (exact) mass is 480 g/mol. The summed E-state index contributed by atoms with van der Waals surface area (Å²) in [6.07, 6.45) is 2.38. The van der Waals surface area contributed by atoms with Crippen molar-refractivity contribution in [1.29, 1.82) is 5.26 Å². The summed E-state index contributed by atoms with van der Waals surface area (Å²) in [6, 6.07) is 18.1. The van der Waals surface area contributed by atoms with Crippen molar-refractivity contribution in [1.82, 2.24) is 9.88 Å². The molecule has 0 fully saturated rings. The smallest absolute Gasteiger partial charge is 0.255 e. The molecule has 4 aromatic rings. The van der Waals surface area contributed by atoms with Gasteiger partial charge in [-0.15, -0.1) is 0 Å². The van der Waals surface area contributed by atoms with Crippen molar-refractivity contribution in [2.24, 2.45) is 5.73 Å². The van der Waals surface area contributed by atoms with Crippen LogP contribution in [0.5, 0.6) is 0 Å². The van der Waals surface area contributed by atoms with E-state index in [4.69, 9.17) is 5.73 Å². The van der Waals surface area contributed by atoms with E-state index in [0.717, 1.165) is 28.7 Å². The van der Waals surface area contributed by atoms with Crippen LogP contribution in [0.2, 0.25) is 0 Å². The van der Waals surface area contributed by atoms with Crippen LogP contribution in [-0.2, 0) is 0 Å². The van der Waals surface area contributed by atoms with Gasteiger partial charge in [-0.25, -0.2) is 4.39 Å². The van der Waals surface area contributed by atoms with Crippen molar-refractivity contribution in [3.05, 3.63) is 88.9 Å². The van der Waals surface area contributed by atoms with Crippen molar-refractivity contribution in [2.75, 3.05) is 13.6 Å². The summed E-state index contributed by atoms with van der Waals surface area (Å²) >= 11 is 0. The quantitative estimate of drug-likeness (QED) is 0.367. The molecular formula is C30H29FN4O. The Morgan fingerprint density at radius 3 is 2.56 bits per heavy atom. The highest BCUT2D eigenvalue weighted by molar-refractivity contribution is 6.12. The number of nitriles is 1. The third kappa shape index (κ3) is 4.98. The summed E-state index contributed by atoms with van der Waals surface area (Å²) in [6.45, 7) is 6.17. The number of carbonyl (C=O) groups is 1. The molecule has 1 aromatic heterocycles. The van der Waals surface area contributed by atoms with Crippen molar-refractivity contribution < 1.29 is 9.18 Å². The van der Waals surface area contributed by atoms with Gasteiger partial charge in [0.15, 0.2) is 0 Å². The molecule has 0 aliphatic carbocycles. The van der Waals surface area contributed by atoms with Gasteiger partial charge in [-0.05, 0) is 84.5 Å². The molecular weight excluding hydrogens is 451 g/mol. The van der Waals surface area contributed by atoms with E-state index in [1.54, 1.807) is 24.2 Å². The second-order valence-corrected chi connectivity index (χ2v) is 9.29. The standard InChI is InChI=1S/C30H29FN4O/c1-5-24(33)17-35(4)30(36)29-26-14-21(25-12-20(15-32)7-6-19(25)3)8-9-28(26)34-16-27(29)22-10-18(2)11-23(31)13-22/h6-14,16,24H,5,17,33H2,1-4H3/t24-/m0/s1. The Labute approximate surface area is 211 Å². The number of nitrogens with zero attached hydrogens (tertiary/aromatic N) is 3. The van der Waals surface area contributed by atoms with Gasteiger partial charge >= 0.3 is 0 Å². The third-order valence-electron chi connectivity index (χ3n) is 6.49. The zero-order valence-electron chi connectivity index (χ0n) is 21.0. The first kappa shape index (κ1) is 25.0. The molecule has 0 saturated carbocycles. The lowest BCUT2D eigenvalue weighted by Crippen LogP contribution is -2.38. The van der Waals surface area contributed by atoms with Crippen LogP contribution in [0, 0.1) is 31.0 Å². The van der Waals surface area contributed by atoms with Crippen LogP contribution >= 0.6 is 0 Å². The summed E-state index contributed by atoms with van der Waals surface area (Å²) in [5, 5.41) is 10.1. The minimum Gasteiger partial charge on any atom is -0.340 e. The summed E-state index contributed by atoms with van der Waals surface area (Å²) in [5.41, 5.74) is 12.5. The van der Waals surface area contributed by atoms with Gasteiger partial charge in [0.2, 0.25) is 0 Å². The van der Waals surface area contributed by atoms with E-state index >= 15 is 0 Å². The number of pyridine rings is 1. The first-order valence-corrected chi connectivity index (χ1v) is 11.9. The highest BCUT2D eigenvalue weighted by atomic mass is 19.1. The van der Waals surface area contributed by atoms with E-state index in [1.807, 2.05) is 57.2 Å². The first-order valence-electron chi connectivity index (χ1n) is 11.9. The number of hydrogen-bond acceptors (Lipinski definition) is 4. The minimum atomic E-state index is -0.373. The van der Waals surface area contributed by atoms with Crippen LogP contribution in [0.3, 0.4) is 0 Å². The normalized spacial score (nSPS) is 11.8. The molecule has 0 spiro atoms. The number of nitrogens with two attached hydrogens (primary N) is 1. The fraction of sp³-hybridized carbons (Fsp3) is 0.233. The predicted octanol–water partition coefficient (Wildman–Crippen LogP) is 6.01. The molecule has 0 unspecified atom stereocenters. The molecule has 4 rings (SSSR count). The SMILES string of the molecule is CC[C@H](N)CN(C)C(=O)c1c(-c2cc(C)cc(F)c2)cnc2ccc(-c3cc(C#N)ccc3C)cc12. The maximum atomic E-state index is 14.4. The van der Waals surface area contributed by atoms with Crippen LogP contribution in [0.4, 0.5) is 4.39 Å². The zero-order chi connectivity index (χ0) is 26.0. The van der Waals surface area contributed by atoms with E-state index < -0.39 is 0 Å². The number of carbonyl (C=O) groups excluding carboxylic acids is 1. The van der Waals surface area contributed by atoms with Crippen molar-refractivity contribution >= 4 is 16.8 Å². The van der Waals surface area contributed by atoms with Crippen LogP contribution in [0.15, 0.2) is 60.8 Å². The van der Waals surface area contributed by atoms with Crippen LogP contribution in [-0.4, -0.2) is 35.4 Å². The molecule has 1 heterocycles. The van der Waals surface area contributed by atoms with E-state index in [2.05, 4.69) is 11.1 Å². The largest absolute Gasteiger partial charge is 0.340 e. The van der Waals surface area contributed by atoms with Gasteiger partial charge in [0, 0.05) is 36.8 Å². The number of aromatic nitrogens is 1. The molecule has 5 nitrogen and oxygen atoms in total. The topological polar surface area (TPSA) is 83.0 Å². The number of fused-ring (bicyclic) bond motifs is 1. The Bertz CT molecular complexity index is 1490. The summed E-state index contributed by atoms with van der Waals surface area (Å²) in [7, 11) is 1.73. The first-order chi connectivity index (χ1) is 17.2. The Balaban J connectivity index is 1.99. The zero-order valence-corrected chi connectivity index (χ0v) is 21.0. The van der Waals surface area contributed by atoms with Gasteiger partial charge in [0.1, 0.15) is 5.82 Å². The van der Waals surface area contributed by atoms with Gasteiger partial charge < -0.3 is 10.6 Å². The molecule has 1 amide bonds. The molecule has 182 valence electrons. The molecule has 2 N–H and O–H groups in total. The molecule has 1 atom stereocenters. The van der Waals surface area contributed by atoms with E-state index in [1.165, 1.54) is 12.1 Å². The number of rotatable bonds is 6. The van der Waals surface area contributed by atoms with Gasteiger partial charge in [-0.2, -0.15) is 5.26 Å². The average molecular weight is 481 g/mol. The fourth-order valence-corrected chi connectivity index (χ4v) is 4.46. The van der Waals surface area contributed by atoms with Crippen LogP contribution in [0.1, 0.15) is 40.4 Å². The third-order valence-corrected chi connectivity index (χ3v) is 6.49. The summed E-state index contributed by atoms with van der Waals surface area (Å²) < 4.78 is 14.4. The number of aryl methyl sites for hydroxylation is 2. The fourth-order valence-electron chi connectivity index (χ4n) is 4.46. The maximum Gasteiger partial charge on any atom is 0.255 e. The van der Waals surface area contributed by atoms with Crippen LogP contribution in [0.25, 0.3) is 33.2 Å². The number of likely N-dealkylation sites (N-methyl/N-ethyl adjacent to an activating group) is 1. The summed E-state index contributed by atoms with van der Waals surface area (Å²) in [4.78, 5) is 20.1. The van der Waals surface area contributed by atoms with Gasteiger partial charge in [0.25, 0.3) is 5.91 Å². The Morgan fingerprint density at radius 1 is 1.08 bits per heavy atom. The maximum absolute atomic E-state index is 14.4. The lowest BCUT2D eigenvalue weighted by atomic mass is 9.92. The molecule has 0 aliphatic heterocycles. The van der Waals surface area contributed by atoms with Crippen molar-refractivity contribution in [3.8, 4) is 28.3 Å². The second kappa shape index (κ2) is 10.3. The Kier molecular flexibility index (Phi) is 7.14. The highest BCUT2D eigenvalue weighted by Gasteiger charge is 2.23. The van der Waals surface area contributed by atoms with E-state index in [-0.39, 0.29) is 17.8 Å². The molecule has 36 heavy (non-hydrogen) atoms. The second-order valence-electron chi connectivity index (χ2n) is 9.29. The minimum absolute atomic E-state index is 0.154.